The number of nitrogens with zero attached hydrogens (tertiary/aromatic N) is 2. The van der Waals surface area contributed by atoms with Gasteiger partial charge in [-0.05, 0) is 24.7 Å². The van der Waals surface area contributed by atoms with Crippen molar-refractivity contribution in [1.82, 2.24) is 25.4 Å². The zero-order valence-electron chi connectivity index (χ0n) is 13.1. The van der Waals surface area contributed by atoms with Crippen LogP contribution in [0.5, 0.6) is 0 Å². The predicted octanol–water partition coefficient (Wildman–Crippen LogP) is 1.56. The molecule has 1 atom stereocenters. The van der Waals surface area contributed by atoms with Gasteiger partial charge in [0.15, 0.2) is 0 Å². The highest BCUT2D eigenvalue weighted by Crippen LogP contribution is 2.26. The second-order valence-electron chi connectivity index (χ2n) is 4.99. The van der Waals surface area contributed by atoms with Crippen LogP contribution in [0.2, 0.25) is 5.02 Å². The van der Waals surface area contributed by atoms with Gasteiger partial charge >= 0.3 is 5.69 Å². The Labute approximate surface area is 139 Å². The van der Waals surface area contributed by atoms with Gasteiger partial charge in [-0.1, -0.05) is 43.6 Å². The molecule has 8 heteroatoms. The molecule has 2 aromatic rings. The van der Waals surface area contributed by atoms with E-state index >= 15 is 0 Å². The quantitative estimate of drug-likeness (QED) is 0.714. The maximum atomic E-state index is 12.1. The van der Waals surface area contributed by atoms with Crippen molar-refractivity contribution in [3.05, 3.63) is 51.2 Å². The van der Waals surface area contributed by atoms with E-state index in [0.29, 0.717) is 11.6 Å². The smallest absolute Gasteiger partial charge is 0.341 e. The van der Waals surface area contributed by atoms with Crippen molar-refractivity contribution in [3.63, 3.8) is 0 Å². The van der Waals surface area contributed by atoms with E-state index < -0.39 is 11.6 Å². The number of carbonyl (C=O) groups is 1. The normalized spacial score (nSPS) is 12.3. The number of halogens is 1. The second kappa shape index (κ2) is 7.94. The summed E-state index contributed by atoms with van der Waals surface area (Å²) in [7, 11) is 0. The molecule has 1 aromatic heterocycles. The van der Waals surface area contributed by atoms with Crippen molar-refractivity contribution in [2.75, 3.05) is 19.6 Å². The lowest BCUT2D eigenvalue weighted by Gasteiger charge is -2.30. The van der Waals surface area contributed by atoms with E-state index in [1.165, 1.54) is 0 Å². The standard InChI is InChI=1S/C15H20ClN5O2/c1-3-21(4-2)12(10-7-5-6-8-11(10)16)9-17-14(22)13-18-15(23)20-19-13/h5-8,12H,3-4,9H2,1-2H3,(H,17,22)(H2,18,19,20,23)/t12-/m0/s1. The SMILES string of the molecule is CCN(CC)[C@@H](CNC(=O)c1n[nH]c(=O)[nH]1)c1ccccc1Cl. The van der Waals surface area contributed by atoms with Crippen LogP contribution in [-0.4, -0.2) is 45.6 Å². The first-order valence-electron chi connectivity index (χ1n) is 7.48. The highest BCUT2D eigenvalue weighted by molar-refractivity contribution is 6.31. The summed E-state index contributed by atoms with van der Waals surface area (Å²) >= 11 is 6.31. The molecule has 1 heterocycles. The van der Waals surface area contributed by atoms with Crippen LogP contribution in [0.25, 0.3) is 0 Å². The molecule has 0 radical (unpaired) electrons. The lowest BCUT2D eigenvalue weighted by Crippen LogP contribution is -2.38. The number of hydrogen-bond donors (Lipinski definition) is 3. The molecular formula is C15H20ClN5O2. The average molecular weight is 338 g/mol. The van der Waals surface area contributed by atoms with E-state index in [1.54, 1.807) is 0 Å². The number of aromatic amines is 2. The Hall–Kier alpha value is -2.12. The minimum absolute atomic E-state index is 0.0348. The lowest BCUT2D eigenvalue weighted by atomic mass is 10.0. The van der Waals surface area contributed by atoms with E-state index in [4.69, 9.17) is 11.6 Å². The van der Waals surface area contributed by atoms with E-state index in [2.05, 4.69) is 39.2 Å². The average Bonchev–Trinajstić information content (AvgIpc) is 2.98. The Balaban J connectivity index is 2.16. The molecule has 0 fully saturated rings. The number of likely N-dealkylation sites (N-methyl/N-ethyl adjacent to an activating group) is 1. The van der Waals surface area contributed by atoms with Gasteiger partial charge in [0.1, 0.15) is 0 Å². The van der Waals surface area contributed by atoms with Crippen molar-refractivity contribution in [2.24, 2.45) is 0 Å². The molecule has 0 saturated carbocycles. The molecule has 2 rings (SSSR count). The van der Waals surface area contributed by atoms with Crippen molar-refractivity contribution in [3.8, 4) is 0 Å². The fraction of sp³-hybridized carbons (Fsp3) is 0.400. The lowest BCUT2D eigenvalue weighted by molar-refractivity contribution is 0.0925. The molecule has 0 bridgehead atoms. The zero-order chi connectivity index (χ0) is 16.8. The fourth-order valence-electron chi connectivity index (χ4n) is 2.50. The van der Waals surface area contributed by atoms with Gasteiger partial charge in [0.25, 0.3) is 5.91 Å². The number of benzene rings is 1. The third-order valence-electron chi connectivity index (χ3n) is 3.69. The Morgan fingerprint density at radius 2 is 2.04 bits per heavy atom. The second-order valence-corrected chi connectivity index (χ2v) is 5.40. The van der Waals surface area contributed by atoms with Crippen molar-refractivity contribution in [1.29, 1.82) is 0 Å². The first kappa shape index (κ1) is 17.2. The molecule has 0 saturated heterocycles. The number of nitrogens with one attached hydrogen (secondary N) is 3. The van der Waals surface area contributed by atoms with Crippen LogP contribution in [0, 0.1) is 0 Å². The number of carbonyl (C=O) groups excluding carboxylic acids is 1. The summed E-state index contributed by atoms with van der Waals surface area (Å²) in [5, 5.41) is 9.25. The summed E-state index contributed by atoms with van der Waals surface area (Å²) in [6, 6.07) is 7.52. The number of rotatable bonds is 7. The molecule has 0 aliphatic rings. The van der Waals surface area contributed by atoms with Crippen LogP contribution >= 0.6 is 11.6 Å². The van der Waals surface area contributed by atoms with Crippen LogP contribution in [0.4, 0.5) is 0 Å². The summed E-state index contributed by atoms with van der Waals surface area (Å²) in [6.45, 7) is 6.11. The first-order valence-corrected chi connectivity index (χ1v) is 7.86. The molecule has 0 unspecified atom stereocenters. The van der Waals surface area contributed by atoms with Crippen molar-refractivity contribution in [2.45, 2.75) is 19.9 Å². The molecule has 3 N–H and O–H groups in total. The van der Waals surface area contributed by atoms with Crippen LogP contribution in [0.15, 0.2) is 29.1 Å². The van der Waals surface area contributed by atoms with Crippen LogP contribution < -0.4 is 11.0 Å². The summed E-state index contributed by atoms with van der Waals surface area (Å²) in [5.74, 6) is -0.472. The molecule has 124 valence electrons. The van der Waals surface area contributed by atoms with E-state index in [1.807, 2.05) is 24.3 Å². The minimum Gasteiger partial charge on any atom is -0.347 e. The molecular weight excluding hydrogens is 318 g/mol. The fourth-order valence-corrected chi connectivity index (χ4v) is 2.76. The Morgan fingerprint density at radius 1 is 1.35 bits per heavy atom. The number of amides is 1. The predicted molar refractivity (Wildman–Crippen MR) is 88.7 cm³/mol. The van der Waals surface area contributed by atoms with Gasteiger partial charge in [-0.2, -0.15) is 0 Å². The summed E-state index contributed by atoms with van der Waals surface area (Å²) in [4.78, 5) is 27.6. The van der Waals surface area contributed by atoms with Gasteiger partial charge in [0, 0.05) is 11.6 Å². The van der Waals surface area contributed by atoms with Gasteiger partial charge in [0.05, 0.1) is 6.04 Å². The Kier molecular flexibility index (Phi) is 5.95. The van der Waals surface area contributed by atoms with Gasteiger partial charge in [-0.25, -0.2) is 9.89 Å². The minimum atomic E-state index is -0.512. The molecule has 0 aliphatic carbocycles. The third-order valence-corrected chi connectivity index (χ3v) is 4.03. The van der Waals surface area contributed by atoms with Gasteiger partial charge in [-0.15, -0.1) is 5.10 Å². The maximum absolute atomic E-state index is 12.1. The maximum Gasteiger partial charge on any atom is 0.341 e. The molecule has 23 heavy (non-hydrogen) atoms. The summed E-state index contributed by atoms with van der Waals surface area (Å²) in [5.41, 5.74) is 0.440. The third kappa shape index (κ3) is 4.20. The van der Waals surface area contributed by atoms with Crippen molar-refractivity contribution >= 4 is 17.5 Å². The molecule has 1 aromatic carbocycles. The number of aromatic nitrogens is 3. The van der Waals surface area contributed by atoms with Gasteiger partial charge < -0.3 is 5.32 Å². The number of hydrogen-bond acceptors (Lipinski definition) is 4. The molecule has 1 amide bonds. The summed E-state index contributed by atoms with van der Waals surface area (Å²) < 4.78 is 0. The monoisotopic (exact) mass is 337 g/mol. The van der Waals surface area contributed by atoms with E-state index in [-0.39, 0.29) is 11.9 Å². The van der Waals surface area contributed by atoms with E-state index in [9.17, 15) is 9.59 Å². The Morgan fingerprint density at radius 3 is 2.61 bits per heavy atom. The highest BCUT2D eigenvalue weighted by Gasteiger charge is 2.21. The van der Waals surface area contributed by atoms with Gasteiger partial charge in [0.2, 0.25) is 5.82 Å². The molecule has 0 aliphatic heterocycles. The Bertz CT molecular complexity index is 708. The van der Waals surface area contributed by atoms with Gasteiger partial charge in [-0.3, -0.25) is 14.7 Å². The van der Waals surface area contributed by atoms with Crippen molar-refractivity contribution < 1.29 is 4.79 Å². The van der Waals surface area contributed by atoms with E-state index in [0.717, 1.165) is 18.7 Å². The topological polar surface area (TPSA) is 93.9 Å². The van der Waals surface area contributed by atoms with Crippen LogP contribution in [-0.2, 0) is 0 Å². The van der Waals surface area contributed by atoms with Crippen LogP contribution in [0.3, 0.4) is 0 Å². The molecule has 7 nitrogen and oxygen atoms in total. The largest absolute Gasteiger partial charge is 0.347 e. The molecule has 0 spiro atoms. The first-order chi connectivity index (χ1) is 11.1. The zero-order valence-corrected chi connectivity index (χ0v) is 13.9. The van der Waals surface area contributed by atoms with Crippen LogP contribution in [0.1, 0.15) is 36.1 Å². The summed E-state index contributed by atoms with van der Waals surface area (Å²) in [6.07, 6.45) is 0. The number of H-pyrrole nitrogens is 2. The highest BCUT2D eigenvalue weighted by atomic mass is 35.5.